The van der Waals surface area contributed by atoms with E-state index in [2.05, 4.69) is 0 Å². The van der Waals surface area contributed by atoms with Gasteiger partial charge in [0, 0.05) is 6.07 Å². The lowest BCUT2D eigenvalue weighted by Gasteiger charge is -2.12. The van der Waals surface area contributed by atoms with E-state index in [0.29, 0.717) is 23.7 Å². The third kappa shape index (κ3) is 4.41. The summed E-state index contributed by atoms with van der Waals surface area (Å²) in [5, 5.41) is 7.70. The SMILES string of the molecule is CCOC(=N)c1ccc(OC)cc1OCCF.Cl. The zero-order chi connectivity index (χ0) is 12.7. The molecule has 0 spiro atoms. The van der Waals surface area contributed by atoms with Gasteiger partial charge in [0.1, 0.15) is 24.8 Å². The van der Waals surface area contributed by atoms with Crippen molar-refractivity contribution in [1.82, 2.24) is 0 Å². The van der Waals surface area contributed by atoms with Gasteiger partial charge < -0.3 is 14.2 Å². The van der Waals surface area contributed by atoms with E-state index >= 15 is 0 Å². The molecular weight excluding hydrogens is 261 g/mol. The molecule has 0 aliphatic heterocycles. The van der Waals surface area contributed by atoms with Gasteiger partial charge in [-0.1, -0.05) is 0 Å². The summed E-state index contributed by atoms with van der Waals surface area (Å²) in [6.45, 7) is 1.55. The van der Waals surface area contributed by atoms with Gasteiger partial charge in [-0.2, -0.15) is 0 Å². The molecule has 0 aliphatic carbocycles. The Hall–Kier alpha value is -1.49. The third-order valence-corrected chi connectivity index (χ3v) is 2.06. The summed E-state index contributed by atoms with van der Waals surface area (Å²) in [6.07, 6.45) is 0. The highest BCUT2D eigenvalue weighted by molar-refractivity contribution is 5.94. The highest BCUT2D eigenvalue weighted by Gasteiger charge is 2.11. The smallest absolute Gasteiger partial charge is 0.217 e. The van der Waals surface area contributed by atoms with Crippen LogP contribution in [0.2, 0.25) is 0 Å². The van der Waals surface area contributed by atoms with E-state index < -0.39 is 6.67 Å². The molecule has 0 saturated heterocycles. The van der Waals surface area contributed by atoms with Crippen molar-refractivity contribution in [2.24, 2.45) is 0 Å². The highest BCUT2D eigenvalue weighted by atomic mass is 35.5. The molecule has 0 radical (unpaired) electrons. The van der Waals surface area contributed by atoms with Gasteiger partial charge in [0.2, 0.25) is 5.90 Å². The molecule has 1 N–H and O–H groups in total. The second-order valence-corrected chi connectivity index (χ2v) is 3.16. The number of hydrogen-bond acceptors (Lipinski definition) is 4. The molecule has 0 amide bonds. The van der Waals surface area contributed by atoms with E-state index in [9.17, 15) is 4.39 Å². The zero-order valence-electron chi connectivity index (χ0n) is 10.4. The summed E-state index contributed by atoms with van der Waals surface area (Å²) in [4.78, 5) is 0. The Kier molecular flexibility index (Phi) is 7.87. The molecule has 0 aromatic heterocycles. The number of halogens is 2. The van der Waals surface area contributed by atoms with Gasteiger partial charge >= 0.3 is 0 Å². The van der Waals surface area contributed by atoms with Gasteiger partial charge in [0.05, 0.1) is 19.3 Å². The molecule has 0 unspecified atom stereocenters. The topological polar surface area (TPSA) is 51.5 Å². The van der Waals surface area contributed by atoms with Crippen molar-refractivity contribution in [3.05, 3.63) is 23.8 Å². The summed E-state index contributed by atoms with van der Waals surface area (Å²) in [7, 11) is 1.53. The van der Waals surface area contributed by atoms with Gasteiger partial charge in [-0.15, -0.1) is 12.4 Å². The molecule has 0 bridgehead atoms. The van der Waals surface area contributed by atoms with Crippen molar-refractivity contribution in [3.63, 3.8) is 0 Å². The van der Waals surface area contributed by atoms with Crippen LogP contribution in [0.25, 0.3) is 0 Å². The fourth-order valence-corrected chi connectivity index (χ4v) is 1.31. The molecule has 1 aromatic rings. The molecule has 0 aliphatic rings. The minimum Gasteiger partial charge on any atom is -0.497 e. The molecule has 6 heteroatoms. The number of nitrogens with one attached hydrogen (secondary N) is 1. The minimum atomic E-state index is -0.585. The number of rotatable bonds is 6. The summed E-state index contributed by atoms with van der Waals surface area (Å²) in [5.41, 5.74) is 0.487. The molecule has 0 heterocycles. The van der Waals surface area contributed by atoms with Gasteiger partial charge in [0.25, 0.3) is 0 Å². The lowest BCUT2D eigenvalue weighted by atomic mass is 10.2. The summed E-state index contributed by atoms with van der Waals surface area (Å²) in [6, 6.07) is 4.97. The van der Waals surface area contributed by atoms with E-state index in [-0.39, 0.29) is 24.9 Å². The predicted octanol–water partition coefficient (Wildman–Crippen LogP) is 2.83. The van der Waals surface area contributed by atoms with Gasteiger partial charge in [-0.25, -0.2) is 4.39 Å². The Labute approximate surface area is 112 Å². The first-order valence-corrected chi connectivity index (χ1v) is 5.31. The first kappa shape index (κ1) is 16.5. The molecule has 18 heavy (non-hydrogen) atoms. The van der Waals surface area contributed by atoms with Crippen LogP contribution < -0.4 is 9.47 Å². The van der Waals surface area contributed by atoms with Crippen LogP contribution in [0.1, 0.15) is 12.5 Å². The van der Waals surface area contributed by atoms with Crippen molar-refractivity contribution in [3.8, 4) is 11.5 Å². The first-order chi connectivity index (χ1) is 8.22. The van der Waals surface area contributed by atoms with Crippen LogP contribution in [0.3, 0.4) is 0 Å². The number of ether oxygens (including phenoxy) is 3. The third-order valence-electron chi connectivity index (χ3n) is 2.06. The Morgan fingerprint density at radius 2 is 2.11 bits per heavy atom. The minimum absolute atomic E-state index is 0. The second kappa shape index (κ2) is 8.58. The maximum atomic E-state index is 12.1. The standard InChI is InChI=1S/C12H16FNO3.ClH/c1-3-16-12(14)10-5-4-9(15-2)8-11(10)17-7-6-13;/h4-5,8,14H,3,6-7H2,1-2H3;1H. The van der Waals surface area contributed by atoms with Crippen molar-refractivity contribution >= 4 is 18.3 Å². The molecule has 102 valence electrons. The van der Waals surface area contributed by atoms with Crippen LogP contribution in [-0.4, -0.2) is 32.9 Å². The molecule has 0 atom stereocenters. The van der Waals surface area contributed by atoms with Crippen molar-refractivity contribution in [2.75, 3.05) is 27.0 Å². The van der Waals surface area contributed by atoms with Crippen LogP contribution in [0.15, 0.2) is 18.2 Å². The van der Waals surface area contributed by atoms with E-state index in [4.69, 9.17) is 19.6 Å². The maximum absolute atomic E-state index is 12.1. The lowest BCUT2D eigenvalue weighted by Crippen LogP contribution is -2.09. The second-order valence-electron chi connectivity index (χ2n) is 3.16. The molecule has 0 saturated carbocycles. The van der Waals surface area contributed by atoms with E-state index in [1.807, 2.05) is 0 Å². The Morgan fingerprint density at radius 3 is 2.67 bits per heavy atom. The number of benzene rings is 1. The number of alkyl halides is 1. The molecule has 1 aromatic carbocycles. The largest absolute Gasteiger partial charge is 0.497 e. The lowest BCUT2D eigenvalue weighted by molar-refractivity contribution is 0.268. The average Bonchev–Trinajstić information content (AvgIpc) is 2.36. The number of hydrogen-bond donors (Lipinski definition) is 1. The fraction of sp³-hybridized carbons (Fsp3) is 0.417. The number of methoxy groups -OCH3 is 1. The van der Waals surface area contributed by atoms with E-state index in [1.165, 1.54) is 7.11 Å². The fourth-order valence-electron chi connectivity index (χ4n) is 1.31. The van der Waals surface area contributed by atoms with Crippen molar-refractivity contribution < 1.29 is 18.6 Å². The average molecular weight is 278 g/mol. The van der Waals surface area contributed by atoms with E-state index in [0.717, 1.165) is 0 Å². The molecule has 4 nitrogen and oxygen atoms in total. The maximum Gasteiger partial charge on any atom is 0.217 e. The van der Waals surface area contributed by atoms with Crippen LogP contribution in [0, 0.1) is 5.41 Å². The molecular formula is C12H17ClFNO3. The summed E-state index contributed by atoms with van der Waals surface area (Å²) < 4.78 is 27.5. The quantitative estimate of drug-likeness (QED) is 0.642. The van der Waals surface area contributed by atoms with E-state index in [1.54, 1.807) is 25.1 Å². The van der Waals surface area contributed by atoms with Gasteiger partial charge in [-0.3, -0.25) is 5.41 Å². The van der Waals surface area contributed by atoms with Crippen molar-refractivity contribution in [2.45, 2.75) is 6.92 Å². The molecule has 0 fully saturated rings. The first-order valence-electron chi connectivity index (χ1n) is 5.31. The predicted molar refractivity (Wildman–Crippen MR) is 70.2 cm³/mol. The van der Waals surface area contributed by atoms with Crippen LogP contribution in [0.4, 0.5) is 4.39 Å². The van der Waals surface area contributed by atoms with Crippen LogP contribution in [-0.2, 0) is 4.74 Å². The van der Waals surface area contributed by atoms with Crippen LogP contribution in [0.5, 0.6) is 11.5 Å². The Morgan fingerprint density at radius 1 is 1.39 bits per heavy atom. The Balaban J connectivity index is 0.00000289. The van der Waals surface area contributed by atoms with Crippen LogP contribution >= 0.6 is 12.4 Å². The molecule has 1 rings (SSSR count). The monoisotopic (exact) mass is 277 g/mol. The Bertz CT molecular complexity index is 388. The highest BCUT2D eigenvalue weighted by Crippen LogP contribution is 2.25. The summed E-state index contributed by atoms with van der Waals surface area (Å²) in [5.74, 6) is 0.983. The van der Waals surface area contributed by atoms with Crippen molar-refractivity contribution in [1.29, 1.82) is 5.41 Å². The zero-order valence-corrected chi connectivity index (χ0v) is 11.2. The summed E-state index contributed by atoms with van der Waals surface area (Å²) >= 11 is 0. The van der Waals surface area contributed by atoms with Gasteiger partial charge in [0.15, 0.2) is 0 Å². The normalized spacial score (nSPS) is 9.28. The van der Waals surface area contributed by atoms with Gasteiger partial charge in [-0.05, 0) is 19.1 Å².